The molecule has 0 aliphatic heterocycles. The lowest BCUT2D eigenvalue weighted by molar-refractivity contribution is 0.400. The Bertz CT molecular complexity index is 701. The third kappa shape index (κ3) is 4.50. The van der Waals surface area contributed by atoms with Crippen molar-refractivity contribution in [2.24, 2.45) is 5.92 Å². The highest BCUT2D eigenvalue weighted by molar-refractivity contribution is 8.18. The van der Waals surface area contributed by atoms with Crippen molar-refractivity contribution >= 4 is 36.2 Å². The van der Waals surface area contributed by atoms with E-state index in [4.69, 9.17) is 0 Å². The molecule has 2 aromatic rings. The first-order valence-electron chi connectivity index (χ1n) is 9.05. The first-order valence-corrected chi connectivity index (χ1v) is 11.1. The summed E-state index contributed by atoms with van der Waals surface area (Å²) < 4.78 is 0.249. The fraction of sp³-hybridized carbons (Fsp3) is 0.364. The summed E-state index contributed by atoms with van der Waals surface area (Å²) in [6, 6.07) is 17.7. The maximum Gasteiger partial charge on any atom is 0.0705 e. The summed E-state index contributed by atoms with van der Waals surface area (Å²) in [5, 5.41) is 0. The lowest BCUT2D eigenvalue weighted by Gasteiger charge is -2.39. The van der Waals surface area contributed by atoms with Crippen LogP contribution in [0.1, 0.15) is 37.7 Å². The molecule has 0 nitrogen and oxygen atoms in total. The van der Waals surface area contributed by atoms with Gasteiger partial charge in [-0.05, 0) is 81.3 Å². The topological polar surface area (TPSA) is 0 Å². The average molecular weight is 385 g/mol. The van der Waals surface area contributed by atoms with Gasteiger partial charge in [-0.25, -0.2) is 0 Å². The molecule has 1 saturated carbocycles. The van der Waals surface area contributed by atoms with Crippen molar-refractivity contribution in [3.8, 4) is 0 Å². The van der Waals surface area contributed by atoms with Gasteiger partial charge in [-0.2, -0.15) is 0 Å². The van der Waals surface area contributed by atoms with Gasteiger partial charge in [0.05, 0.1) is 4.08 Å². The molecule has 0 N–H and O–H groups in total. The van der Waals surface area contributed by atoms with E-state index in [-0.39, 0.29) is 4.08 Å². The van der Waals surface area contributed by atoms with Crippen molar-refractivity contribution in [1.29, 1.82) is 0 Å². The fourth-order valence-corrected chi connectivity index (χ4v) is 6.77. The molecule has 0 radical (unpaired) electrons. The number of thioether (sulfide) groups is 2. The van der Waals surface area contributed by atoms with Crippen molar-refractivity contribution in [3.63, 3.8) is 0 Å². The zero-order chi connectivity index (χ0) is 17.3. The van der Waals surface area contributed by atoms with Crippen molar-refractivity contribution in [2.75, 3.05) is 0 Å². The number of thiol groups is 1. The molecule has 0 saturated heterocycles. The van der Waals surface area contributed by atoms with Crippen LogP contribution in [0.3, 0.4) is 0 Å². The highest BCUT2D eigenvalue weighted by Crippen LogP contribution is 2.56. The summed E-state index contributed by atoms with van der Waals surface area (Å²) in [6.07, 6.45) is 8.93. The normalized spacial score (nSPS) is 25.5. The van der Waals surface area contributed by atoms with E-state index in [1.807, 2.05) is 0 Å². The van der Waals surface area contributed by atoms with E-state index >= 15 is 0 Å². The SMILES string of the molecule is Cc1ccc(SC2(Sc3ccc(S)cc3)CCC(C3=CC3)CC2)cc1. The highest BCUT2D eigenvalue weighted by Gasteiger charge is 2.39. The number of hydrogen-bond donors (Lipinski definition) is 1. The van der Waals surface area contributed by atoms with E-state index in [2.05, 4.69) is 97.7 Å². The Labute approximate surface area is 165 Å². The van der Waals surface area contributed by atoms with Gasteiger partial charge in [0.2, 0.25) is 0 Å². The van der Waals surface area contributed by atoms with E-state index in [0.717, 1.165) is 10.8 Å². The molecule has 3 heteroatoms. The van der Waals surface area contributed by atoms with Crippen LogP contribution in [0.2, 0.25) is 0 Å². The van der Waals surface area contributed by atoms with Crippen molar-refractivity contribution in [1.82, 2.24) is 0 Å². The quantitative estimate of drug-likeness (QED) is 0.324. The summed E-state index contributed by atoms with van der Waals surface area (Å²) in [7, 11) is 0. The third-order valence-electron chi connectivity index (χ3n) is 5.18. The fourth-order valence-electron chi connectivity index (χ4n) is 3.60. The molecule has 0 aromatic heterocycles. The Hall–Kier alpha value is -0.770. The maximum absolute atomic E-state index is 4.43. The summed E-state index contributed by atoms with van der Waals surface area (Å²) in [4.78, 5) is 3.79. The Morgan fingerprint density at radius 3 is 1.92 bits per heavy atom. The van der Waals surface area contributed by atoms with Crippen LogP contribution in [-0.2, 0) is 0 Å². The first-order chi connectivity index (χ1) is 12.1. The first kappa shape index (κ1) is 17.6. The summed E-state index contributed by atoms with van der Waals surface area (Å²) >= 11 is 8.57. The van der Waals surface area contributed by atoms with Gasteiger partial charge in [0.1, 0.15) is 0 Å². The number of aryl methyl sites for hydroxylation is 1. The number of hydrogen-bond acceptors (Lipinski definition) is 3. The molecule has 0 spiro atoms. The van der Waals surface area contributed by atoms with Crippen LogP contribution in [0.25, 0.3) is 0 Å². The van der Waals surface area contributed by atoms with Crippen LogP contribution in [0.5, 0.6) is 0 Å². The predicted octanol–water partition coefficient (Wildman–Crippen LogP) is 7.38. The van der Waals surface area contributed by atoms with Crippen LogP contribution < -0.4 is 0 Å². The lowest BCUT2D eigenvalue weighted by Crippen LogP contribution is -2.27. The van der Waals surface area contributed by atoms with Gasteiger partial charge in [-0.3, -0.25) is 0 Å². The van der Waals surface area contributed by atoms with Gasteiger partial charge in [0.15, 0.2) is 0 Å². The molecule has 0 unspecified atom stereocenters. The van der Waals surface area contributed by atoms with Crippen molar-refractivity contribution in [2.45, 2.75) is 57.8 Å². The van der Waals surface area contributed by atoms with E-state index in [0.29, 0.717) is 0 Å². The minimum Gasteiger partial charge on any atom is -0.143 e. The Balaban J connectivity index is 1.54. The summed E-state index contributed by atoms with van der Waals surface area (Å²) in [6.45, 7) is 2.16. The molecule has 25 heavy (non-hydrogen) atoms. The maximum atomic E-state index is 4.43. The second-order valence-corrected chi connectivity index (χ2v) is 10.9. The van der Waals surface area contributed by atoms with E-state index in [1.54, 1.807) is 5.57 Å². The zero-order valence-corrected chi connectivity index (χ0v) is 17.1. The molecule has 0 bridgehead atoms. The van der Waals surface area contributed by atoms with E-state index in [1.165, 1.54) is 47.5 Å². The van der Waals surface area contributed by atoms with Gasteiger partial charge >= 0.3 is 0 Å². The number of rotatable bonds is 5. The Morgan fingerprint density at radius 2 is 1.40 bits per heavy atom. The molecule has 0 amide bonds. The molecular weight excluding hydrogens is 360 g/mol. The lowest BCUT2D eigenvalue weighted by atomic mass is 9.86. The molecule has 2 aliphatic rings. The molecule has 0 atom stereocenters. The molecule has 2 aliphatic carbocycles. The molecular formula is C22H24S3. The van der Waals surface area contributed by atoms with Gasteiger partial charge in [0, 0.05) is 14.7 Å². The van der Waals surface area contributed by atoms with Crippen LogP contribution >= 0.6 is 36.2 Å². The third-order valence-corrected chi connectivity index (χ3v) is 8.55. The molecule has 0 heterocycles. The average Bonchev–Trinajstić information content (AvgIpc) is 3.45. The van der Waals surface area contributed by atoms with Crippen LogP contribution in [0, 0.1) is 12.8 Å². The van der Waals surface area contributed by atoms with Crippen LogP contribution in [-0.4, -0.2) is 4.08 Å². The van der Waals surface area contributed by atoms with Crippen molar-refractivity contribution in [3.05, 3.63) is 65.7 Å². The van der Waals surface area contributed by atoms with Gasteiger partial charge in [-0.15, -0.1) is 36.2 Å². The highest BCUT2D eigenvalue weighted by atomic mass is 32.2. The molecule has 4 rings (SSSR count). The van der Waals surface area contributed by atoms with E-state index < -0.39 is 0 Å². The van der Waals surface area contributed by atoms with Crippen LogP contribution in [0.4, 0.5) is 0 Å². The minimum atomic E-state index is 0.249. The van der Waals surface area contributed by atoms with Gasteiger partial charge in [0.25, 0.3) is 0 Å². The largest absolute Gasteiger partial charge is 0.143 e. The standard InChI is InChI=1S/C22H24S3/c1-16-2-8-20(9-3-16)24-22(25-21-10-6-19(23)7-11-21)14-12-18(13-15-22)17-4-5-17/h2-4,6-11,18,23H,5,12-15H2,1H3. The van der Waals surface area contributed by atoms with Gasteiger partial charge < -0.3 is 0 Å². The van der Waals surface area contributed by atoms with Gasteiger partial charge in [-0.1, -0.05) is 29.3 Å². The molecule has 1 fully saturated rings. The summed E-state index contributed by atoms with van der Waals surface area (Å²) in [5.41, 5.74) is 3.05. The monoisotopic (exact) mass is 384 g/mol. The second-order valence-electron chi connectivity index (χ2n) is 7.18. The van der Waals surface area contributed by atoms with E-state index in [9.17, 15) is 0 Å². The minimum absolute atomic E-state index is 0.249. The number of allylic oxidation sites excluding steroid dienone is 2. The number of benzene rings is 2. The predicted molar refractivity (Wildman–Crippen MR) is 114 cm³/mol. The Morgan fingerprint density at radius 1 is 0.880 bits per heavy atom. The van der Waals surface area contributed by atoms with Crippen molar-refractivity contribution < 1.29 is 0 Å². The Kier molecular flexibility index (Phi) is 5.26. The smallest absolute Gasteiger partial charge is 0.0705 e. The van der Waals surface area contributed by atoms with Crippen LogP contribution in [0.15, 0.2) is 74.9 Å². The zero-order valence-electron chi connectivity index (χ0n) is 14.6. The molecule has 2 aromatic carbocycles. The molecule has 130 valence electrons. The second kappa shape index (κ2) is 7.46. The summed E-state index contributed by atoms with van der Waals surface area (Å²) in [5.74, 6) is 0.854.